The molecule has 0 bridgehead atoms. The Balaban J connectivity index is 1.40. The zero-order valence-corrected chi connectivity index (χ0v) is 20.4. The molecule has 9 heteroatoms. The van der Waals surface area contributed by atoms with E-state index in [1.165, 1.54) is 29.2 Å². The molecule has 0 N–H and O–H groups in total. The van der Waals surface area contributed by atoms with Gasteiger partial charge in [0.05, 0.1) is 36.5 Å². The van der Waals surface area contributed by atoms with Crippen LogP contribution >= 0.6 is 0 Å². The first-order chi connectivity index (χ1) is 18.4. The van der Waals surface area contributed by atoms with Crippen molar-refractivity contribution in [1.29, 1.82) is 0 Å². The van der Waals surface area contributed by atoms with Crippen LogP contribution in [0.3, 0.4) is 0 Å². The highest BCUT2D eigenvalue weighted by molar-refractivity contribution is 6.12. The fourth-order valence-corrected chi connectivity index (χ4v) is 5.91. The summed E-state index contributed by atoms with van der Waals surface area (Å²) in [7, 11) is 1.56. The third-order valence-electron chi connectivity index (χ3n) is 7.68. The minimum atomic E-state index is -0.923. The second-order valence-electron chi connectivity index (χ2n) is 9.61. The summed E-state index contributed by atoms with van der Waals surface area (Å²) in [6.45, 7) is 0.0946. The lowest BCUT2D eigenvalue weighted by Gasteiger charge is -2.35. The maximum atomic E-state index is 13.9. The van der Waals surface area contributed by atoms with Crippen molar-refractivity contribution in [3.05, 3.63) is 111 Å². The third-order valence-corrected chi connectivity index (χ3v) is 7.68. The Morgan fingerprint density at radius 1 is 0.947 bits per heavy atom. The zero-order chi connectivity index (χ0) is 26.6. The standard InChI is InChI=1S/C29H23N3O6/c1-38-21-12-6-17(7-13-21)16-31-28(34)23-24(29(31)35)26(27(33)19-8-10-20(11-9-19)32(36)37)30-15-14-18-4-2-3-5-22(18)25(23)30/h2-15,23-26H,16H2,1H3/t23-,24+,25-,26+/m0/s1. The molecule has 2 fully saturated rings. The number of imide groups is 1. The Morgan fingerprint density at radius 3 is 2.32 bits per heavy atom. The van der Waals surface area contributed by atoms with Crippen LogP contribution in [0.2, 0.25) is 0 Å². The highest BCUT2D eigenvalue weighted by atomic mass is 16.6. The van der Waals surface area contributed by atoms with Gasteiger partial charge in [-0.05, 0) is 47.0 Å². The van der Waals surface area contributed by atoms with E-state index in [2.05, 4.69) is 0 Å². The number of fused-ring (bicyclic) bond motifs is 5. The van der Waals surface area contributed by atoms with Crippen LogP contribution < -0.4 is 4.74 Å². The number of non-ortho nitro benzene ring substituents is 1. The molecule has 4 atom stereocenters. The van der Waals surface area contributed by atoms with E-state index in [1.807, 2.05) is 35.2 Å². The fraction of sp³-hybridized carbons (Fsp3) is 0.207. The molecule has 3 aliphatic heterocycles. The van der Waals surface area contributed by atoms with Gasteiger partial charge in [-0.1, -0.05) is 36.4 Å². The number of hydrogen-bond donors (Lipinski definition) is 0. The minimum Gasteiger partial charge on any atom is -0.497 e. The smallest absolute Gasteiger partial charge is 0.269 e. The predicted octanol–water partition coefficient (Wildman–Crippen LogP) is 4.00. The number of amides is 2. The van der Waals surface area contributed by atoms with Gasteiger partial charge in [0, 0.05) is 23.9 Å². The number of nitro benzene ring substituents is 1. The van der Waals surface area contributed by atoms with Crippen molar-refractivity contribution in [1.82, 2.24) is 9.80 Å². The molecule has 190 valence electrons. The Kier molecular flexibility index (Phi) is 5.56. The van der Waals surface area contributed by atoms with Gasteiger partial charge >= 0.3 is 0 Å². The SMILES string of the molecule is COc1ccc(CN2C(=O)[C@@H]3[C@H](C2=O)[C@@H]2c4ccccc4C=CN2[C@H]3C(=O)c2ccc([N+](=O)[O-])cc2)cc1. The lowest BCUT2D eigenvalue weighted by atomic mass is 9.83. The Morgan fingerprint density at radius 2 is 1.63 bits per heavy atom. The van der Waals surface area contributed by atoms with Gasteiger partial charge in [-0.3, -0.25) is 29.4 Å². The van der Waals surface area contributed by atoms with Gasteiger partial charge in [-0.2, -0.15) is 0 Å². The number of nitro groups is 1. The molecule has 6 rings (SSSR count). The van der Waals surface area contributed by atoms with Crippen molar-refractivity contribution in [2.45, 2.75) is 18.6 Å². The van der Waals surface area contributed by atoms with Gasteiger partial charge in [-0.15, -0.1) is 0 Å². The van der Waals surface area contributed by atoms with E-state index in [1.54, 1.807) is 37.6 Å². The highest BCUT2D eigenvalue weighted by Crippen LogP contribution is 2.53. The number of ketones is 1. The van der Waals surface area contributed by atoms with E-state index >= 15 is 0 Å². The summed E-state index contributed by atoms with van der Waals surface area (Å²) in [6.07, 6.45) is 3.67. The number of rotatable bonds is 6. The van der Waals surface area contributed by atoms with Crippen LogP contribution in [0, 0.1) is 22.0 Å². The van der Waals surface area contributed by atoms with Gasteiger partial charge in [-0.25, -0.2) is 0 Å². The molecule has 9 nitrogen and oxygen atoms in total. The largest absolute Gasteiger partial charge is 0.497 e. The molecule has 0 unspecified atom stereocenters. The van der Waals surface area contributed by atoms with E-state index in [4.69, 9.17) is 4.74 Å². The molecule has 3 aliphatic rings. The first kappa shape index (κ1) is 23.6. The predicted molar refractivity (Wildman–Crippen MR) is 137 cm³/mol. The summed E-state index contributed by atoms with van der Waals surface area (Å²) in [5, 5.41) is 11.1. The van der Waals surface area contributed by atoms with E-state index in [-0.39, 0.29) is 29.5 Å². The lowest BCUT2D eigenvalue weighted by molar-refractivity contribution is -0.384. The summed E-state index contributed by atoms with van der Waals surface area (Å²) in [6, 6.07) is 18.8. The van der Waals surface area contributed by atoms with Crippen molar-refractivity contribution < 1.29 is 24.0 Å². The molecule has 0 spiro atoms. The summed E-state index contributed by atoms with van der Waals surface area (Å²) >= 11 is 0. The van der Waals surface area contributed by atoms with Crippen LogP contribution in [0.5, 0.6) is 5.75 Å². The number of carbonyl (C=O) groups is 3. The number of ether oxygens (including phenoxy) is 1. The molecule has 0 aromatic heterocycles. The van der Waals surface area contributed by atoms with Crippen LogP contribution in [0.15, 0.2) is 79.0 Å². The average Bonchev–Trinajstić information content (AvgIpc) is 3.41. The highest BCUT2D eigenvalue weighted by Gasteiger charge is 2.64. The van der Waals surface area contributed by atoms with Crippen molar-refractivity contribution in [2.24, 2.45) is 11.8 Å². The number of benzene rings is 3. The number of nitrogens with zero attached hydrogens (tertiary/aromatic N) is 3. The van der Waals surface area contributed by atoms with Gasteiger partial charge in [0.2, 0.25) is 11.8 Å². The number of hydrogen-bond acceptors (Lipinski definition) is 7. The maximum Gasteiger partial charge on any atom is 0.269 e. The zero-order valence-electron chi connectivity index (χ0n) is 20.4. The van der Waals surface area contributed by atoms with Gasteiger partial charge < -0.3 is 9.64 Å². The molecule has 3 aromatic rings. The van der Waals surface area contributed by atoms with Crippen molar-refractivity contribution in [3.8, 4) is 5.75 Å². The summed E-state index contributed by atoms with van der Waals surface area (Å²) in [4.78, 5) is 55.2. The van der Waals surface area contributed by atoms with E-state index in [0.717, 1.165) is 16.7 Å². The quantitative estimate of drug-likeness (QED) is 0.214. The molecule has 38 heavy (non-hydrogen) atoms. The number of carbonyl (C=O) groups excluding carboxylic acids is 3. The van der Waals surface area contributed by atoms with E-state index in [9.17, 15) is 24.5 Å². The number of likely N-dealkylation sites (tertiary alicyclic amines) is 1. The van der Waals surface area contributed by atoms with E-state index in [0.29, 0.717) is 5.75 Å². The number of methoxy groups -OCH3 is 1. The first-order valence-electron chi connectivity index (χ1n) is 12.2. The topological polar surface area (TPSA) is 110 Å². The molecule has 0 saturated carbocycles. The molecule has 0 radical (unpaired) electrons. The fourth-order valence-electron chi connectivity index (χ4n) is 5.91. The lowest BCUT2D eigenvalue weighted by Crippen LogP contribution is -2.44. The number of Topliss-reactive ketones (excluding diaryl/α,β-unsaturated/α-hetero) is 1. The van der Waals surface area contributed by atoms with Crippen molar-refractivity contribution in [3.63, 3.8) is 0 Å². The molecular weight excluding hydrogens is 486 g/mol. The molecular formula is C29H23N3O6. The Hall–Kier alpha value is -4.79. The van der Waals surface area contributed by atoms with Crippen LogP contribution in [0.1, 0.15) is 33.1 Å². The van der Waals surface area contributed by atoms with Crippen LogP contribution in [-0.2, 0) is 16.1 Å². The third kappa shape index (κ3) is 3.58. The van der Waals surface area contributed by atoms with Crippen molar-refractivity contribution >= 4 is 29.4 Å². The Labute approximate surface area is 218 Å². The molecule has 0 aliphatic carbocycles. The summed E-state index contributed by atoms with van der Waals surface area (Å²) in [5.74, 6) is -2.01. The van der Waals surface area contributed by atoms with Crippen LogP contribution in [0.4, 0.5) is 5.69 Å². The monoisotopic (exact) mass is 509 g/mol. The summed E-state index contributed by atoms with van der Waals surface area (Å²) in [5.41, 5.74) is 2.71. The molecule has 2 saturated heterocycles. The van der Waals surface area contributed by atoms with Gasteiger partial charge in [0.1, 0.15) is 11.8 Å². The normalized spacial score (nSPS) is 23.2. The van der Waals surface area contributed by atoms with Gasteiger partial charge in [0.25, 0.3) is 5.69 Å². The van der Waals surface area contributed by atoms with E-state index < -0.39 is 34.7 Å². The molecule has 3 aromatic carbocycles. The second kappa shape index (κ2) is 8.95. The molecule has 2 amide bonds. The summed E-state index contributed by atoms with van der Waals surface area (Å²) < 4.78 is 5.20. The van der Waals surface area contributed by atoms with Crippen molar-refractivity contribution in [2.75, 3.05) is 7.11 Å². The minimum absolute atomic E-state index is 0.0946. The maximum absolute atomic E-state index is 13.9. The van der Waals surface area contributed by atoms with Crippen LogP contribution in [-0.4, -0.2) is 45.5 Å². The second-order valence-corrected chi connectivity index (χ2v) is 9.61. The van der Waals surface area contributed by atoms with Crippen LogP contribution in [0.25, 0.3) is 6.08 Å². The first-order valence-corrected chi connectivity index (χ1v) is 12.2. The Bertz CT molecular complexity index is 1500. The average molecular weight is 510 g/mol. The molecule has 3 heterocycles. The van der Waals surface area contributed by atoms with Gasteiger partial charge in [0.15, 0.2) is 5.78 Å².